The summed E-state index contributed by atoms with van der Waals surface area (Å²) < 4.78 is 24.4. The van der Waals surface area contributed by atoms with Crippen molar-refractivity contribution in [3.63, 3.8) is 0 Å². The van der Waals surface area contributed by atoms with Gasteiger partial charge in [-0.1, -0.05) is 24.3 Å². The normalized spacial score (nSPS) is 12.1. The molecule has 0 aliphatic carbocycles. The topological polar surface area (TPSA) is 26.0 Å². The van der Waals surface area contributed by atoms with Gasteiger partial charge >= 0.3 is 0 Å². The van der Waals surface area contributed by atoms with Gasteiger partial charge in [-0.25, -0.2) is 8.78 Å². The molecule has 0 aliphatic rings. The number of hydrogen-bond donors (Lipinski definition) is 1. The summed E-state index contributed by atoms with van der Waals surface area (Å²) in [6.07, 6.45) is -1.70. The van der Waals surface area contributed by atoms with Crippen LogP contribution in [0, 0.1) is 0 Å². The van der Waals surface area contributed by atoms with E-state index in [2.05, 4.69) is 0 Å². The molecule has 1 nitrogen and oxygen atoms in total. The lowest BCUT2D eigenvalue weighted by molar-refractivity contribution is 0.151. The molecule has 2 N–H and O–H groups in total. The van der Waals surface area contributed by atoms with Crippen LogP contribution < -0.4 is 5.73 Å². The Morgan fingerprint density at radius 3 is 2.07 bits per heavy atom. The van der Waals surface area contributed by atoms with Gasteiger partial charge in [0.15, 0.2) is 0 Å². The van der Waals surface area contributed by atoms with Crippen molar-refractivity contribution >= 4 is 0 Å². The Kier molecular flexibility index (Phi) is 3.21. The quantitative estimate of drug-likeness (QED) is 0.795. The van der Waals surface area contributed by atoms with E-state index in [1.54, 1.807) is 12.1 Å². The first-order valence-electron chi connectivity index (χ1n) is 4.54. The van der Waals surface area contributed by atoms with E-state index in [4.69, 9.17) is 5.73 Å². The zero-order valence-electron chi connectivity index (χ0n) is 8.43. The molecule has 1 rings (SSSR count). The molecule has 0 unspecified atom stereocenters. The smallest absolute Gasteiger partial charge is 0.263 e. The van der Waals surface area contributed by atoms with E-state index in [-0.39, 0.29) is 11.1 Å². The van der Waals surface area contributed by atoms with Crippen molar-refractivity contribution in [2.75, 3.05) is 0 Å². The molecule has 0 radical (unpaired) electrons. The van der Waals surface area contributed by atoms with Gasteiger partial charge in [0.1, 0.15) is 0 Å². The fourth-order valence-corrected chi connectivity index (χ4v) is 1.31. The molecular weight excluding hydrogens is 184 g/mol. The minimum Gasteiger partial charge on any atom is -0.325 e. The average molecular weight is 199 g/mol. The second kappa shape index (κ2) is 4.05. The van der Waals surface area contributed by atoms with E-state index < -0.39 is 6.43 Å². The lowest BCUT2D eigenvalue weighted by Gasteiger charge is -2.18. The van der Waals surface area contributed by atoms with Crippen LogP contribution in [0.1, 0.15) is 31.4 Å². The fraction of sp³-hybridized carbons (Fsp3) is 0.455. The molecule has 0 amide bonds. The first kappa shape index (κ1) is 11.1. The van der Waals surface area contributed by atoms with E-state index in [0.29, 0.717) is 6.42 Å². The van der Waals surface area contributed by atoms with Crippen LogP contribution >= 0.6 is 0 Å². The van der Waals surface area contributed by atoms with Gasteiger partial charge in [-0.3, -0.25) is 0 Å². The average Bonchev–Trinajstić information content (AvgIpc) is 2.02. The van der Waals surface area contributed by atoms with Gasteiger partial charge in [-0.2, -0.15) is 0 Å². The highest BCUT2D eigenvalue weighted by atomic mass is 19.3. The molecule has 0 spiro atoms. The van der Waals surface area contributed by atoms with Gasteiger partial charge in [0, 0.05) is 11.1 Å². The Morgan fingerprint density at radius 1 is 1.21 bits per heavy atom. The molecule has 0 aromatic heterocycles. The molecule has 0 saturated carbocycles. The number of nitrogens with two attached hydrogens (primary N) is 1. The zero-order valence-corrected chi connectivity index (χ0v) is 8.43. The van der Waals surface area contributed by atoms with E-state index in [1.807, 2.05) is 13.8 Å². The molecule has 0 saturated heterocycles. The molecule has 3 heteroatoms. The molecule has 0 fully saturated rings. The highest BCUT2D eigenvalue weighted by molar-refractivity contribution is 5.24. The highest BCUT2D eigenvalue weighted by Crippen LogP contribution is 2.19. The molecule has 78 valence electrons. The second-order valence-corrected chi connectivity index (χ2v) is 4.21. The summed E-state index contributed by atoms with van der Waals surface area (Å²) >= 11 is 0. The monoisotopic (exact) mass is 199 g/mol. The third kappa shape index (κ3) is 3.42. The number of halogens is 2. The summed E-state index contributed by atoms with van der Waals surface area (Å²) in [7, 11) is 0. The number of rotatable bonds is 3. The van der Waals surface area contributed by atoms with E-state index in [0.717, 1.165) is 5.56 Å². The van der Waals surface area contributed by atoms with Crippen molar-refractivity contribution in [1.82, 2.24) is 0 Å². The number of hydrogen-bond acceptors (Lipinski definition) is 1. The van der Waals surface area contributed by atoms with Crippen molar-refractivity contribution in [1.29, 1.82) is 0 Å². The lowest BCUT2D eigenvalue weighted by atomic mass is 9.96. The minimum atomic E-state index is -2.39. The van der Waals surface area contributed by atoms with Gasteiger partial charge in [-0.05, 0) is 25.8 Å². The fourth-order valence-electron chi connectivity index (χ4n) is 1.31. The van der Waals surface area contributed by atoms with Gasteiger partial charge in [-0.15, -0.1) is 0 Å². The van der Waals surface area contributed by atoms with Crippen LogP contribution in [-0.4, -0.2) is 5.54 Å². The van der Waals surface area contributed by atoms with E-state index in [9.17, 15) is 8.78 Å². The van der Waals surface area contributed by atoms with Crippen LogP contribution in [0.5, 0.6) is 0 Å². The molecule has 14 heavy (non-hydrogen) atoms. The standard InChI is InChI=1S/C11H15F2N/c1-11(2,14)7-8-3-5-9(6-4-8)10(12)13/h3-6,10H,7,14H2,1-2H3. The van der Waals surface area contributed by atoms with Crippen molar-refractivity contribution in [2.45, 2.75) is 32.2 Å². The largest absolute Gasteiger partial charge is 0.325 e. The van der Waals surface area contributed by atoms with Gasteiger partial charge in [0.2, 0.25) is 0 Å². The van der Waals surface area contributed by atoms with Crippen molar-refractivity contribution in [3.8, 4) is 0 Å². The van der Waals surface area contributed by atoms with Gasteiger partial charge in [0.05, 0.1) is 0 Å². The highest BCUT2D eigenvalue weighted by Gasteiger charge is 2.12. The minimum absolute atomic E-state index is 0.0589. The maximum atomic E-state index is 12.2. The summed E-state index contributed by atoms with van der Waals surface area (Å²) in [6.45, 7) is 3.82. The van der Waals surface area contributed by atoms with E-state index >= 15 is 0 Å². The van der Waals surface area contributed by atoms with Gasteiger partial charge in [0.25, 0.3) is 6.43 Å². The maximum Gasteiger partial charge on any atom is 0.263 e. The summed E-state index contributed by atoms with van der Waals surface area (Å²) in [5.41, 5.74) is 6.56. The summed E-state index contributed by atoms with van der Waals surface area (Å²) in [5, 5.41) is 0. The molecule has 0 atom stereocenters. The van der Waals surface area contributed by atoms with Gasteiger partial charge < -0.3 is 5.73 Å². The maximum absolute atomic E-state index is 12.2. The predicted molar refractivity (Wildman–Crippen MR) is 53.4 cm³/mol. The number of benzene rings is 1. The zero-order chi connectivity index (χ0) is 10.8. The Balaban J connectivity index is 2.74. The molecule has 1 aromatic rings. The molecule has 0 heterocycles. The SMILES string of the molecule is CC(C)(N)Cc1ccc(C(F)F)cc1. The Hall–Kier alpha value is -0.960. The van der Waals surface area contributed by atoms with Crippen LogP contribution in [0.4, 0.5) is 8.78 Å². The van der Waals surface area contributed by atoms with Crippen molar-refractivity contribution < 1.29 is 8.78 Å². The Labute approximate surface area is 82.9 Å². The summed E-state index contributed by atoms with van der Waals surface area (Å²) in [6, 6.07) is 6.31. The molecule has 0 bridgehead atoms. The third-order valence-electron chi connectivity index (χ3n) is 1.89. The van der Waals surface area contributed by atoms with Crippen LogP contribution in [0.15, 0.2) is 24.3 Å². The number of alkyl halides is 2. The van der Waals surface area contributed by atoms with Crippen LogP contribution in [-0.2, 0) is 6.42 Å². The summed E-state index contributed by atoms with van der Waals surface area (Å²) in [5.74, 6) is 0. The molecule has 1 aromatic carbocycles. The third-order valence-corrected chi connectivity index (χ3v) is 1.89. The van der Waals surface area contributed by atoms with Crippen LogP contribution in [0.3, 0.4) is 0 Å². The summed E-state index contributed by atoms with van der Waals surface area (Å²) in [4.78, 5) is 0. The van der Waals surface area contributed by atoms with Crippen molar-refractivity contribution in [3.05, 3.63) is 35.4 Å². The van der Waals surface area contributed by atoms with Crippen LogP contribution in [0.25, 0.3) is 0 Å². The first-order valence-corrected chi connectivity index (χ1v) is 4.54. The first-order chi connectivity index (χ1) is 6.38. The second-order valence-electron chi connectivity index (χ2n) is 4.21. The van der Waals surface area contributed by atoms with E-state index in [1.165, 1.54) is 12.1 Å². The van der Waals surface area contributed by atoms with Crippen molar-refractivity contribution in [2.24, 2.45) is 5.73 Å². The Bertz CT molecular complexity index is 285. The Morgan fingerprint density at radius 2 is 1.71 bits per heavy atom. The molecule has 0 aliphatic heterocycles. The lowest BCUT2D eigenvalue weighted by Crippen LogP contribution is -2.34. The predicted octanol–water partition coefficient (Wildman–Crippen LogP) is 2.90. The van der Waals surface area contributed by atoms with Crippen LogP contribution in [0.2, 0.25) is 0 Å². The molecular formula is C11H15F2N.